The molecular weight excluding hydrogens is 218 g/mol. The number of ether oxygens (including phenoxy) is 1. The number of nitrogens with two attached hydrogens (primary N) is 1. The fraction of sp³-hybridized carbons (Fsp3) is 0.538. The van der Waals surface area contributed by atoms with Crippen LogP contribution in [0.25, 0.3) is 0 Å². The zero-order chi connectivity index (χ0) is 12.5. The molecule has 1 fully saturated rings. The summed E-state index contributed by atoms with van der Waals surface area (Å²) in [6.07, 6.45) is 2.10. The maximum absolute atomic E-state index is 10.2. The second kappa shape index (κ2) is 4.55. The predicted molar refractivity (Wildman–Crippen MR) is 65.7 cm³/mol. The number of aromatic hydroxyl groups is 1. The first-order chi connectivity index (χ1) is 8.00. The molecule has 0 aliphatic carbocycles. The molecule has 0 spiro atoms. The number of phenolic OH excluding ortho intramolecular Hbond substituents is 1. The Hall–Kier alpha value is -1.26. The Labute approximate surface area is 101 Å². The SMILES string of the molecule is CC(CC1(O)CCCO1)c1ccc(O)cc1N. The van der Waals surface area contributed by atoms with Crippen LogP contribution in [0.3, 0.4) is 0 Å². The molecule has 0 saturated carbocycles. The van der Waals surface area contributed by atoms with Gasteiger partial charge in [0, 0.05) is 24.6 Å². The minimum absolute atomic E-state index is 0.0960. The van der Waals surface area contributed by atoms with Crippen molar-refractivity contribution >= 4 is 5.69 Å². The van der Waals surface area contributed by atoms with Gasteiger partial charge >= 0.3 is 0 Å². The zero-order valence-electron chi connectivity index (χ0n) is 10.0. The molecule has 1 aromatic carbocycles. The molecule has 0 bridgehead atoms. The normalized spacial score (nSPS) is 26.0. The molecule has 17 heavy (non-hydrogen) atoms. The van der Waals surface area contributed by atoms with Crippen molar-refractivity contribution in [2.45, 2.75) is 37.9 Å². The molecule has 1 aliphatic heterocycles. The average molecular weight is 237 g/mol. The quantitative estimate of drug-likeness (QED) is 0.702. The Balaban J connectivity index is 2.11. The van der Waals surface area contributed by atoms with Crippen LogP contribution in [0, 0.1) is 0 Å². The van der Waals surface area contributed by atoms with E-state index in [2.05, 4.69) is 0 Å². The second-order valence-electron chi connectivity index (χ2n) is 4.82. The van der Waals surface area contributed by atoms with Gasteiger partial charge in [-0.1, -0.05) is 13.0 Å². The van der Waals surface area contributed by atoms with Gasteiger partial charge < -0.3 is 20.7 Å². The summed E-state index contributed by atoms with van der Waals surface area (Å²) in [4.78, 5) is 0. The Kier molecular flexibility index (Phi) is 3.26. The molecule has 4 nitrogen and oxygen atoms in total. The lowest BCUT2D eigenvalue weighted by Gasteiger charge is -2.26. The number of hydrogen-bond acceptors (Lipinski definition) is 4. The summed E-state index contributed by atoms with van der Waals surface area (Å²) in [6, 6.07) is 4.95. The van der Waals surface area contributed by atoms with Gasteiger partial charge in [0.1, 0.15) is 5.75 Å². The summed E-state index contributed by atoms with van der Waals surface area (Å²) in [7, 11) is 0. The van der Waals surface area contributed by atoms with E-state index in [-0.39, 0.29) is 11.7 Å². The number of aliphatic hydroxyl groups is 1. The maximum Gasteiger partial charge on any atom is 0.166 e. The van der Waals surface area contributed by atoms with Crippen molar-refractivity contribution in [3.8, 4) is 5.75 Å². The molecule has 4 heteroatoms. The number of rotatable bonds is 3. The third kappa shape index (κ3) is 2.70. The summed E-state index contributed by atoms with van der Waals surface area (Å²) < 4.78 is 5.36. The van der Waals surface area contributed by atoms with Crippen LogP contribution in [0.2, 0.25) is 0 Å². The molecule has 4 N–H and O–H groups in total. The van der Waals surface area contributed by atoms with E-state index in [9.17, 15) is 10.2 Å². The molecular formula is C13H19NO3. The highest BCUT2D eigenvalue weighted by Crippen LogP contribution is 2.36. The van der Waals surface area contributed by atoms with E-state index >= 15 is 0 Å². The van der Waals surface area contributed by atoms with Crippen LogP contribution in [0.4, 0.5) is 5.69 Å². The Morgan fingerprint density at radius 1 is 1.53 bits per heavy atom. The molecule has 0 aromatic heterocycles. The van der Waals surface area contributed by atoms with Gasteiger partial charge in [-0.15, -0.1) is 0 Å². The first-order valence-corrected chi connectivity index (χ1v) is 5.95. The van der Waals surface area contributed by atoms with E-state index in [0.717, 1.165) is 12.0 Å². The van der Waals surface area contributed by atoms with Crippen molar-refractivity contribution in [3.05, 3.63) is 23.8 Å². The van der Waals surface area contributed by atoms with Crippen molar-refractivity contribution in [2.75, 3.05) is 12.3 Å². The molecule has 0 radical (unpaired) electrons. The Morgan fingerprint density at radius 3 is 2.88 bits per heavy atom. The highest BCUT2D eigenvalue weighted by Gasteiger charge is 2.34. The van der Waals surface area contributed by atoms with Gasteiger partial charge in [0.05, 0.1) is 6.61 Å². The van der Waals surface area contributed by atoms with Crippen LogP contribution in [0.1, 0.15) is 37.7 Å². The number of phenols is 1. The monoisotopic (exact) mass is 237 g/mol. The van der Waals surface area contributed by atoms with Crippen LogP contribution >= 0.6 is 0 Å². The molecule has 0 amide bonds. The number of nitrogen functional groups attached to an aromatic ring is 1. The van der Waals surface area contributed by atoms with Crippen LogP contribution in [0.15, 0.2) is 18.2 Å². The fourth-order valence-corrected chi connectivity index (χ4v) is 2.44. The summed E-state index contributed by atoms with van der Waals surface area (Å²) in [5.41, 5.74) is 7.35. The topological polar surface area (TPSA) is 75.7 Å². The zero-order valence-corrected chi connectivity index (χ0v) is 10.0. The predicted octanol–water partition coefficient (Wildman–Crippen LogP) is 1.97. The molecule has 1 aliphatic rings. The number of anilines is 1. The minimum Gasteiger partial charge on any atom is -0.508 e. The van der Waals surface area contributed by atoms with Gasteiger partial charge in [-0.2, -0.15) is 0 Å². The standard InChI is InChI=1S/C13H19NO3/c1-9(8-13(16)5-2-6-17-13)11-4-3-10(15)7-12(11)14/h3-4,7,9,15-16H,2,5-6,8,14H2,1H3. The summed E-state index contributed by atoms with van der Waals surface area (Å²) in [6.45, 7) is 2.62. The molecule has 2 atom stereocenters. The van der Waals surface area contributed by atoms with Crippen molar-refractivity contribution in [1.82, 2.24) is 0 Å². The van der Waals surface area contributed by atoms with Crippen LogP contribution in [0.5, 0.6) is 5.75 Å². The smallest absolute Gasteiger partial charge is 0.166 e. The van der Waals surface area contributed by atoms with Gasteiger partial charge in [-0.3, -0.25) is 0 Å². The van der Waals surface area contributed by atoms with E-state index in [1.54, 1.807) is 12.1 Å². The van der Waals surface area contributed by atoms with Crippen LogP contribution in [-0.4, -0.2) is 22.6 Å². The van der Waals surface area contributed by atoms with Crippen molar-refractivity contribution in [3.63, 3.8) is 0 Å². The first kappa shape index (κ1) is 12.2. The van der Waals surface area contributed by atoms with Crippen LogP contribution < -0.4 is 5.73 Å². The third-order valence-corrected chi connectivity index (χ3v) is 3.31. The lowest BCUT2D eigenvalue weighted by molar-refractivity contribution is -0.177. The van der Waals surface area contributed by atoms with E-state index < -0.39 is 5.79 Å². The highest BCUT2D eigenvalue weighted by molar-refractivity contribution is 5.52. The van der Waals surface area contributed by atoms with Gasteiger partial charge in [-0.25, -0.2) is 0 Å². The van der Waals surface area contributed by atoms with Crippen molar-refractivity contribution in [2.24, 2.45) is 0 Å². The van der Waals surface area contributed by atoms with Crippen LogP contribution in [-0.2, 0) is 4.74 Å². The lowest BCUT2D eigenvalue weighted by atomic mass is 9.91. The van der Waals surface area contributed by atoms with Gasteiger partial charge in [0.25, 0.3) is 0 Å². The van der Waals surface area contributed by atoms with Gasteiger partial charge in [-0.05, 0) is 24.0 Å². The largest absolute Gasteiger partial charge is 0.508 e. The molecule has 2 unspecified atom stereocenters. The molecule has 1 aromatic rings. The fourth-order valence-electron chi connectivity index (χ4n) is 2.44. The number of benzene rings is 1. The third-order valence-electron chi connectivity index (χ3n) is 3.31. The molecule has 2 rings (SSSR count). The Bertz CT molecular complexity index is 400. The maximum atomic E-state index is 10.2. The highest BCUT2D eigenvalue weighted by atomic mass is 16.6. The summed E-state index contributed by atoms with van der Waals surface area (Å²) in [5, 5.41) is 19.5. The second-order valence-corrected chi connectivity index (χ2v) is 4.82. The van der Waals surface area contributed by atoms with Gasteiger partial charge in [0.2, 0.25) is 0 Å². The summed E-state index contributed by atoms with van der Waals surface area (Å²) >= 11 is 0. The average Bonchev–Trinajstić information content (AvgIpc) is 2.64. The molecule has 1 saturated heterocycles. The molecule has 94 valence electrons. The van der Waals surface area contributed by atoms with Gasteiger partial charge in [0.15, 0.2) is 5.79 Å². The Morgan fingerprint density at radius 2 is 2.29 bits per heavy atom. The van der Waals surface area contributed by atoms with Crippen molar-refractivity contribution < 1.29 is 14.9 Å². The summed E-state index contributed by atoms with van der Waals surface area (Å²) in [5.74, 6) is -0.753. The van der Waals surface area contributed by atoms with E-state index in [1.165, 1.54) is 6.07 Å². The molecule has 1 heterocycles. The first-order valence-electron chi connectivity index (χ1n) is 5.95. The van der Waals surface area contributed by atoms with E-state index in [4.69, 9.17) is 10.5 Å². The number of hydrogen-bond donors (Lipinski definition) is 3. The van der Waals surface area contributed by atoms with Crippen molar-refractivity contribution in [1.29, 1.82) is 0 Å². The van der Waals surface area contributed by atoms with E-state index in [0.29, 0.717) is 25.1 Å². The lowest BCUT2D eigenvalue weighted by Crippen LogP contribution is -2.29. The van der Waals surface area contributed by atoms with E-state index in [1.807, 2.05) is 6.92 Å². The minimum atomic E-state index is -1.01.